The molecule has 1 aliphatic rings. The molecule has 4 rings (SSSR count). The minimum Gasteiger partial charge on any atom is -0.497 e. The predicted octanol–water partition coefficient (Wildman–Crippen LogP) is 4.50. The molecule has 0 saturated carbocycles. The van der Waals surface area contributed by atoms with E-state index in [4.69, 9.17) is 4.74 Å². The number of pyridine rings is 1. The summed E-state index contributed by atoms with van der Waals surface area (Å²) in [5.74, 6) is 0.705. The van der Waals surface area contributed by atoms with Crippen molar-refractivity contribution in [3.63, 3.8) is 0 Å². The third-order valence-corrected chi connectivity index (χ3v) is 5.92. The van der Waals surface area contributed by atoms with E-state index < -0.39 is 0 Å². The summed E-state index contributed by atoms with van der Waals surface area (Å²) in [6.07, 6.45) is 6.73. The van der Waals surface area contributed by atoms with Gasteiger partial charge >= 0.3 is 0 Å². The van der Waals surface area contributed by atoms with E-state index in [1.807, 2.05) is 42.6 Å². The number of carbonyl (C=O) groups is 1. The SMILES string of the molecule is COc1ccc(NC(=O)c2c(NCc3cccnc3)sc3c2CCC3)cc1. The summed E-state index contributed by atoms with van der Waals surface area (Å²) in [6, 6.07) is 11.3. The largest absolute Gasteiger partial charge is 0.497 e. The summed E-state index contributed by atoms with van der Waals surface area (Å²) in [4.78, 5) is 18.5. The molecule has 138 valence electrons. The molecule has 0 aliphatic heterocycles. The standard InChI is InChI=1S/C21H21N3O2S/c1-26-16-9-7-15(8-10-16)24-20(25)19-17-5-2-6-18(17)27-21(19)23-13-14-4-3-11-22-12-14/h3-4,7-12,23H,2,5-6,13H2,1H3,(H,24,25). The van der Waals surface area contributed by atoms with Gasteiger partial charge in [0.25, 0.3) is 5.91 Å². The Morgan fingerprint density at radius 3 is 2.81 bits per heavy atom. The van der Waals surface area contributed by atoms with Gasteiger partial charge in [-0.15, -0.1) is 11.3 Å². The summed E-state index contributed by atoms with van der Waals surface area (Å²) < 4.78 is 5.17. The number of fused-ring (bicyclic) bond motifs is 1. The first-order chi connectivity index (χ1) is 13.2. The van der Waals surface area contributed by atoms with Crippen LogP contribution in [0.5, 0.6) is 5.75 Å². The number of aryl methyl sites for hydroxylation is 1. The van der Waals surface area contributed by atoms with Crippen molar-refractivity contribution in [3.8, 4) is 5.75 Å². The molecule has 5 nitrogen and oxygen atoms in total. The fraction of sp³-hybridized carbons (Fsp3) is 0.238. The molecule has 0 fully saturated rings. The zero-order valence-electron chi connectivity index (χ0n) is 15.1. The second kappa shape index (κ2) is 7.80. The average molecular weight is 379 g/mol. The Balaban J connectivity index is 1.55. The van der Waals surface area contributed by atoms with Crippen LogP contribution in [0.15, 0.2) is 48.8 Å². The molecule has 0 bridgehead atoms. The maximum Gasteiger partial charge on any atom is 0.258 e. The van der Waals surface area contributed by atoms with Crippen molar-refractivity contribution in [2.45, 2.75) is 25.8 Å². The lowest BCUT2D eigenvalue weighted by molar-refractivity contribution is 0.102. The Kier molecular flexibility index (Phi) is 5.07. The number of nitrogens with one attached hydrogen (secondary N) is 2. The highest BCUT2D eigenvalue weighted by Crippen LogP contribution is 2.39. The van der Waals surface area contributed by atoms with Crippen molar-refractivity contribution in [1.29, 1.82) is 0 Å². The lowest BCUT2D eigenvalue weighted by atomic mass is 10.1. The smallest absolute Gasteiger partial charge is 0.258 e. The second-order valence-electron chi connectivity index (χ2n) is 6.46. The van der Waals surface area contributed by atoms with Gasteiger partial charge in [-0.05, 0) is 60.7 Å². The van der Waals surface area contributed by atoms with Crippen LogP contribution in [0.25, 0.3) is 0 Å². The van der Waals surface area contributed by atoms with Crippen molar-refractivity contribution >= 4 is 27.9 Å². The van der Waals surface area contributed by atoms with E-state index in [1.54, 1.807) is 24.6 Å². The minimum absolute atomic E-state index is 0.0618. The van der Waals surface area contributed by atoms with E-state index in [-0.39, 0.29) is 5.91 Å². The lowest BCUT2D eigenvalue weighted by Gasteiger charge is -2.10. The molecule has 0 spiro atoms. The van der Waals surface area contributed by atoms with Gasteiger partial charge in [0.15, 0.2) is 0 Å². The van der Waals surface area contributed by atoms with Crippen LogP contribution in [-0.4, -0.2) is 18.0 Å². The number of carbonyl (C=O) groups excluding carboxylic acids is 1. The fourth-order valence-electron chi connectivity index (χ4n) is 3.32. The highest BCUT2D eigenvalue weighted by Gasteiger charge is 2.26. The molecular formula is C21H21N3O2S. The van der Waals surface area contributed by atoms with Gasteiger partial charge in [-0.25, -0.2) is 0 Å². The Labute approximate surface area is 162 Å². The van der Waals surface area contributed by atoms with Crippen molar-refractivity contribution in [2.24, 2.45) is 0 Å². The number of amides is 1. The van der Waals surface area contributed by atoms with Gasteiger partial charge < -0.3 is 15.4 Å². The normalized spacial score (nSPS) is 12.5. The van der Waals surface area contributed by atoms with Crippen LogP contribution in [0.4, 0.5) is 10.7 Å². The van der Waals surface area contributed by atoms with E-state index in [1.165, 1.54) is 10.4 Å². The van der Waals surface area contributed by atoms with Crippen molar-refractivity contribution in [1.82, 2.24) is 4.98 Å². The molecule has 3 aromatic rings. The van der Waals surface area contributed by atoms with Crippen molar-refractivity contribution in [2.75, 3.05) is 17.7 Å². The Morgan fingerprint density at radius 1 is 1.22 bits per heavy atom. The summed E-state index contributed by atoms with van der Waals surface area (Å²) >= 11 is 1.70. The quantitative estimate of drug-likeness (QED) is 0.662. The Morgan fingerprint density at radius 2 is 2.07 bits per heavy atom. The molecule has 2 aromatic heterocycles. The number of nitrogens with zero attached hydrogens (tertiary/aromatic N) is 1. The van der Waals surface area contributed by atoms with Gasteiger partial charge in [0.05, 0.1) is 12.7 Å². The van der Waals surface area contributed by atoms with Crippen molar-refractivity contribution in [3.05, 3.63) is 70.4 Å². The van der Waals surface area contributed by atoms with E-state index in [0.717, 1.165) is 46.8 Å². The summed E-state index contributed by atoms with van der Waals surface area (Å²) in [5.41, 5.74) is 3.83. The average Bonchev–Trinajstić information content (AvgIpc) is 3.28. The summed E-state index contributed by atoms with van der Waals surface area (Å²) in [5, 5.41) is 7.40. The molecule has 0 atom stereocenters. The molecule has 6 heteroatoms. The van der Waals surface area contributed by atoms with Crippen molar-refractivity contribution < 1.29 is 9.53 Å². The van der Waals surface area contributed by atoms with Crippen LogP contribution in [0.3, 0.4) is 0 Å². The number of rotatable bonds is 6. The summed E-state index contributed by atoms with van der Waals surface area (Å²) in [7, 11) is 1.63. The van der Waals surface area contributed by atoms with E-state index in [9.17, 15) is 4.79 Å². The number of benzene rings is 1. The molecule has 1 amide bonds. The summed E-state index contributed by atoms with van der Waals surface area (Å²) in [6.45, 7) is 0.649. The molecule has 1 aromatic carbocycles. The van der Waals surface area contributed by atoms with Gasteiger partial charge in [-0.2, -0.15) is 0 Å². The maximum atomic E-state index is 13.0. The monoisotopic (exact) mass is 379 g/mol. The number of methoxy groups -OCH3 is 1. The molecule has 27 heavy (non-hydrogen) atoms. The topological polar surface area (TPSA) is 63.2 Å². The number of thiophene rings is 1. The number of aromatic nitrogens is 1. The third kappa shape index (κ3) is 3.80. The Hall–Kier alpha value is -2.86. The highest BCUT2D eigenvalue weighted by molar-refractivity contribution is 7.16. The van der Waals surface area contributed by atoms with Gasteiger partial charge in [0, 0.05) is 29.5 Å². The van der Waals surface area contributed by atoms with E-state index in [0.29, 0.717) is 6.54 Å². The van der Waals surface area contributed by atoms with Crippen LogP contribution in [0, 0.1) is 0 Å². The van der Waals surface area contributed by atoms with Crippen LogP contribution in [0.1, 0.15) is 32.8 Å². The van der Waals surface area contributed by atoms with Crippen LogP contribution >= 0.6 is 11.3 Å². The molecule has 2 N–H and O–H groups in total. The van der Waals surface area contributed by atoms with E-state index >= 15 is 0 Å². The van der Waals surface area contributed by atoms with Crippen LogP contribution < -0.4 is 15.4 Å². The molecule has 1 aliphatic carbocycles. The van der Waals surface area contributed by atoms with Gasteiger partial charge in [0.1, 0.15) is 10.8 Å². The number of ether oxygens (including phenoxy) is 1. The molecule has 2 heterocycles. The number of hydrogen-bond donors (Lipinski definition) is 2. The maximum absolute atomic E-state index is 13.0. The van der Waals surface area contributed by atoms with Gasteiger partial charge in [-0.3, -0.25) is 9.78 Å². The predicted molar refractivity (Wildman–Crippen MR) is 109 cm³/mol. The second-order valence-corrected chi connectivity index (χ2v) is 7.56. The van der Waals surface area contributed by atoms with Crippen LogP contribution in [0.2, 0.25) is 0 Å². The van der Waals surface area contributed by atoms with Gasteiger partial charge in [-0.1, -0.05) is 6.07 Å². The number of anilines is 2. The molecule has 0 radical (unpaired) electrons. The first-order valence-electron chi connectivity index (χ1n) is 8.97. The zero-order chi connectivity index (χ0) is 18.6. The third-order valence-electron chi connectivity index (χ3n) is 4.67. The first kappa shape index (κ1) is 17.5. The Bertz CT molecular complexity index is 936. The van der Waals surface area contributed by atoms with Crippen LogP contribution in [-0.2, 0) is 19.4 Å². The molecular weight excluding hydrogens is 358 g/mol. The minimum atomic E-state index is -0.0618. The highest BCUT2D eigenvalue weighted by atomic mass is 32.1. The number of hydrogen-bond acceptors (Lipinski definition) is 5. The van der Waals surface area contributed by atoms with Gasteiger partial charge in [0.2, 0.25) is 0 Å². The van der Waals surface area contributed by atoms with E-state index in [2.05, 4.69) is 15.6 Å². The zero-order valence-corrected chi connectivity index (χ0v) is 15.9. The molecule has 0 unspecified atom stereocenters. The lowest BCUT2D eigenvalue weighted by Crippen LogP contribution is -2.15. The molecule has 0 saturated heterocycles. The first-order valence-corrected chi connectivity index (χ1v) is 9.79. The fourth-order valence-corrected chi connectivity index (χ4v) is 4.60.